The smallest absolute Gasteiger partial charge is 0.291 e. The van der Waals surface area contributed by atoms with Crippen LogP contribution in [0.2, 0.25) is 0 Å². The van der Waals surface area contributed by atoms with E-state index in [9.17, 15) is 4.79 Å². The zero-order valence-corrected chi connectivity index (χ0v) is 11.1. The number of nitrogens with zero attached hydrogens (tertiary/aromatic N) is 2. The minimum Gasteiger partial charge on any atom is -0.436 e. The quantitative estimate of drug-likeness (QED) is 0.822. The molecule has 0 unspecified atom stereocenters. The summed E-state index contributed by atoms with van der Waals surface area (Å²) in [4.78, 5) is 18.1. The summed E-state index contributed by atoms with van der Waals surface area (Å²) < 4.78 is 5.34. The Morgan fingerprint density at radius 3 is 2.76 bits per heavy atom. The molecule has 1 fully saturated rings. The van der Waals surface area contributed by atoms with Crippen LogP contribution in [0.1, 0.15) is 29.1 Å². The highest BCUT2D eigenvalue weighted by molar-refractivity contribution is 5.92. The predicted octanol–water partition coefficient (Wildman–Crippen LogP) is 1.15. The van der Waals surface area contributed by atoms with Crippen molar-refractivity contribution in [2.45, 2.75) is 26.8 Å². The average molecular weight is 260 g/mol. The van der Waals surface area contributed by atoms with Crippen molar-refractivity contribution in [1.29, 1.82) is 0 Å². The molecule has 2 heterocycles. The molecule has 96 valence electrons. The van der Waals surface area contributed by atoms with Crippen LogP contribution in [-0.2, 0) is 0 Å². The van der Waals surface area contributed by atoms with E-state index in [-0.39, 0.29) is 18.3 Å². The van der Waals surface area contributed by atoms with Gasteiger partial charge in [-0.2, -0.15) is 0 Å². The van der Waals surface area contributed by atoms with Crippen LogP contribution in [0, 0.1) is 13.8 Å². The summed E-state index contributed by atoms with van der Waals surface area (Å²) in [5.74, 6) is 0.877. The van der Waals surface area contributed by atoms with Crippen LogP contribution in [0.15, 0.2) is 4.42 Å². The Labute approximate surface area is 107 Å². The molecule has 1 saturated heterocycles. The molecule has 0 bridgehead atoms. The Morgan fingerprint density at radius 2 is 2.24 bits per heavy atom. The van der Waals surface area contributed by atoms with Gasteiger partial charge in [-0.15, -0.1) is 12.4 Å². The van der Waals surface area contributed by atoms with Crippen molar-refractivity contribution in [1.82, 2.24) is 15.2 Å². The average Bonchev–Trinajstić information content (AvgIpc) is 2.57. The molecule has 0 aromatic carbocycles. The van der Waals surface area contributed by atoms with Gasteiger partial charge in [0.05, 0.1) is 5.69 Å². The maximum atomic E-state index is 12.1. The van der Waals surface area contributed by atoms with Crippen molar-refractivity contribution in [3.8, 4) is 0 Å². The number of carbonyl (C=O) groups is 1. The minimum atomic E-state index is -0.0496. The molecule has 1 atom stereocenters. The summed E-state index contributed by atoms with van der Waals surface area (Å²) in [5, 5.41) is 3.30. The summed E-state index contributed by atoms with van der Waals surface area (Å²) in [6.07, 6.45) is 0. The first-order valence-corrected chi connectivity index (χ1v) is 5.54. The minimum absolute atomic E-state index is 0. The third-order valence-electron chi connectivity index (χ3n) is 2.75. The topological polar surface area (TPSA) is 58.4 Å². The first-order valence-electron chi connectivity index (χ1n) is 5.54. The molecule has 1 aromatic heterocycles. The van der Waals surface area contributed by atoms with Gasteiger partial charge in [-0.3, -0.25) is 4.79 Å². The van der Waals surface area contributed by atoms with Crippen molar-refractivity contribution in [3.63, 3.8) is 0 Å². The fraction of sp³-hybridized carbons (Fsp3) is 0.636. The van der Waals surface area contributed by atoms with Crippen molar-refractivity contribution in [2.75, 3.05) is 19.6 Å². The lowest BCUT2D eigenvalue weighted by Crippen LogP contribution is -2.51. The molecule has 1 aliphatic rings. The summed E-state index contributed by atoms with van der Waals surface area (Å²) in [6.45, 7) is 7.90. The lowest BCUT2D eigenvalue weighted by Gasteiger charge is -2.31. The lowest BCUT2D eigenvalue weighted by molar-refractivity contribution is 0.0674. The molecule has 5 nitrogen and oxygen atoms in total. The van der Waals surface area contributed by atoms with Gasteiger partial charge in [-0.25, -0.2) is 4.98 Å². The van der Waals surface area contributed by atoms with E-state index in [2.05, 4.69) is 17.2 Å². The number of aromatic nitrogens is 1. The number of hydrogen-bond donors (Lipinski definition) is 1. The van der Waals surface area contributed by atoms with E-state index in [0.29, 0.717) is 23.4 Å². The van der Waals surface area contributed by atoms with Gasteiger partial charge in [0, 0.05) is 32.6 Å². The Bertz CT molecular complexity index is 405. The maximum Gasteiger partial charge on any atom is 0.291 e. The molecule has 6 heteroatoms. The van der Waals surface area contributed by atoms with E-state index in [0.717, 1.165) is 19.6 Å². The highest BCUT2D eigenvalue weighted by Gasteiger charge is 2.25. The summed E-state index contributed by atoms with van der Waals surface area (Å²) in [7, 11) is 0. The Balaban J connectivity index is 0.00000144. The van der Waals surface area contributed by atoms with Crippen molar-refractivity contribution >= 4 is 18.3 Å². The maximum absolute atomic E-state index is 12.1. The second-order valence-corrected chi connectivity index (χ2v) is 4.25. The van der Waals surface area contributed by atoms with Gasteiger partial charge in [0.2, 0.25) is 5.76 Å². The lowest BCUT2D eigenvalue weighted by atomic mass is 10.2. The molecule has 1 aromatic rings. The number of oxazole rings is 1. The first kappa shape index (κ1) is 14.0. The highest BCUT2D eigenvalue weighted by atomic mass is 35.5. The molecule has 1 aliphatic heterocycles. The Hall–Kier alpha value is -1.07. The van der Waals surface area contributed by atoms with E-state index >= 15 is 0 Å². The van der Waals surface area contributed by atoms with Gasteiger partial charge >= 0.3 is 0 Å². The molecule has 1 amide bonds. The van der Waals surface area contributed by atoms with Crippen LogP contribution >= 0.6 is 12.4 Å². The second kappa shape index (κ2) is 5.51. The van der Waals surface area contributed by atoms with Crippen LogP contribution in [0.25, 0.3) is 0 Å². The van der Waals surface area contributed by atoms with Gasteiger partial charge in [0.25, 0.3) is 5.91 Å². The standard InChI is InChI=1S/C11H17N3O2.ClH/c1-7-6-14(5-4-12-7)11(15)10-8(2)13-9(3)16-10;/h7,12H,4-6H2,1-3H3;1H/t7-;/m0./s1. The van der Waals surface area contributed by atoms with Gasteiger partial charge in [0.1, 0.15) is 0 Å². The van der Waals surface area contributed by atoms with Crippen molar-refractivity contribution in [3.05, 3.63) is 17.3 Å². The molecule has 0 aliphatic carbocycles. The van der Waals surface area contributed by atoms with Crippen molar-refractivity contribution < 1.29 is 9.21 Å². The van der Waals surface area contributed by atoms with Crippen molar-refractivity contribution in [2.24, 2.45) is 0 Å². The van der Waals surface area contributed by atoms with E-state index in [1.807, 2.05) is 4.90 Å². The zero-order valence-electron chi connectivity index (χ0n) is 10.3. The Kier molecular flexibility index (Phi) is 4.54. The van der Waals surface area contributed by atoms with Gasteiger partial charge in [-0.05, 0) is 13.8 Å². The number of amides is 1. The summed E-state index contributed by atoms with van der Waals surface area (Å²) >= 11 is 0. The van der Waals surface area contributed by atoms with Gasteiger partial charge < -0.3 is 14.6 Å². The number of aryl methyl sites for hydroxylation is 2. The third kappa shape index (κ3) is 2.98. The van der Waals surface area contributed by atoms with Crippen LogP contribution < -0.4 is 5.32 Å². The van der Waals surface area contributed by atoms with Crippen LogP contribution in [0.5, 0.6) is 0 Å². The molecule has 2 rings (SSSR count). The highest BCUT2D eigenvalue weighted by Crippen LogP contribution is 2.13. The largest absolute Gasteiger partial charge is 0.436 e. The summed E-state index contributed by atoms with van der Waals surface area (Å²) in [6, 6.07) is 0.335. The number of rotatable bonds is 1. The zero-order chi connectivity index (χ0) is 11.7. The number of nitrogens with one attached hydrogen (secondary N) is 1. The normalized spacial score (nSPS) is 19.9. The molecular formula is C11H18ClN3O2. The van der Waals surface area contributed by atoms with E-state index in [1.165, 1.54) is 0 Å². The molecule has 1 N–H and O–H groups in total. The Morgan fingerprint density at radius 1 is 1.53 bits per heavy atom. The van der Waals surface area contributed by atoms with E-state index in [4.69, 9.17) is 4.42 Å². The van der Waals surface area contributed by atoms with Crippen LogP contribution in [0.4, 0.5) is 0 Å². The molecule has 0 saturated carbocycles. The molecular weight excluding hydrogens is 242 g/mol. The van der Waals surface area contributed by atoms with Crippen LogP contribution in [-0.4, -0.2) is 41.5 Å². The molecule has 0 radical (unpaired) electrons. The monoisotopic (exact) mass is 259 g/mol. The molecule has 17 heavy (non-hydrogen) atoms. The van der Waals surface area contributed by atoms with E-state index in [1.54, 1.807) is 13.8 Å². The first-order chi connectivity index (χ1) is 7.58. The SMILES string of the molecule is Cc1nc(C)c(C(=O)N2CCN[C@@H](C)C2)o1.Cl. The number of hydrogen-bond acceptors (Lipinski definition) is 4. The van der Waals surface area contributed by atoms with Gasteiger partial charge in [0.15, 0.2) is 5.89 Å². The number of piperazine rings is 1. The number of halogens is 1. The fourth-order valence-corrected chi connectivity index (χ4v) is 1.99. The molecule has 0 spiro atoms. The van der Waals surface area contributed by atoms with E-state index < -0.39 is 0 Å². The number of carbonyl (C=O) groups excluding carboxylic acids is 1. The fourth-order valence-electron chi connectivity index (χ4n) is 1.99. The van der Waals surface area contributed by atoms with Gasteiger partial charge in [-0.1, -0.05) is 0 Å². The van der Waals surface area contributed by atoms with Crippen LogP contribution in [0.3, 0.4) is 0 Å². The summed E-state index contributed by atoms with van der Waals surface area (Å²) in [5.41, 5.74) is 0.675. The third-order valence-corrected chi connectivity index (χ3v) is 2.75. The predicted molar refractivity (Wildman–Crippen MR) is 66.6 cm³/mol. The second-order valence-electron chi connectivity index (χ2n) is 4.25.